The molecule has 6 heteroatoms. The summed E-state index contributed by atoms with van der Waals surface area (Å²) in [6.45, 7) is 5.39. The number of benzene rings is 1. The second kappa shape index (κ2) is 7.82. The van der Waals surface area contributed by atoms with Gasteiger partial charge in [0, 0.05) is 32.2 Å². The van der Waals surface area contributed by atoms with Gasteiger partial charge in [0.25, 0.3) is 5.91 Å². The summed E-state index contributed by atoms with van der Waals surface area (Å²) in [6, 6.07) is 4.57. The molecule has 2 saturated carbocycles. The number of carbonyl (C=O) groups excluding carboxylic acids is 2. The highest BCUT2D eigenvalue weighted by Crippen LogP contribution is 2.39. The monoisotopic (exact) mass is 388 g/mol. The van der Waals surface area contributed by atoms with Crippen molar-refractivity contribution in [1.29, 1.82) is 0 Å². The van der Waals surface area contributed by atoms with Crippen molar-refractivity contribution in [3.63, 3.8) is 0 Å². The van der Waals surface area contributed by atoms with Gasteiger partial charge in [0.15, 0.2) is 0 Å². The lowest BCUT2D eigenvalue weighted by atomic mass is 9.77. The van der Waals surface area contributed by atoms with Crippen LogP contribution in [0.1, 0.15) is 48.5 Å². The molecule has 5 nitrogen and oxygen atoms in total. The normalized spacial score (nSPS) is 29.5. The Kier molecular flexibility index (Phi) is 5.41. The van der Waals surface area contributed by atoms with Crippen molar-refractivity contribution in [3.05, 3.63) is 35.1 Å². The van der Waals surface area contributed by atoms with Gasteiger partial charge in [-0.25, -0.2) is 4.39 Å². The van der Waals surface area contributed by atoms with E-state index in [1.165, 1.54) is 18.9 Å². The molecule has 1 heterocycles. The Morgan fingerprint density at radius 2 is 1.93 bits per heavy atom. The Morgan fingerprint density at radius 1 is 1.21 bits per heavy atom. The Balaban J connectivity index is 1.43. The molecule has 1 saturated heterocycles. The van der Waals surface area contributed by atoms with Gasteiger partial charge in [-0.15, -0.1) is 0 Å². The molecule has 1 aliphatic heterocycles. The zero-order valence-electron chi connectivity index (χ0n) is 16.6. The first-order valence-corrected chi connectivity index (χ1v) is 10.3. The van der Waals surface area contributed by atoms with Crippen molar-refractivity contribution in [2.45, 2.75) is 51.7 Å². The number of aryl methyl sites for hydroxylation is 1. The van der Waals surface area contributed by atoms with Gasteiger partial charge in [-0.05, 0) is 74.1 Å². The average molecular weight is 388 g/mol. The molecule has 0 radical (unpaired) electrons. The topological polar surface area (TPSA) is 58.6 Å². The summed E-state index contributed by atoms with van der Waals surface area (Å²) in [5.41, 5.74) is 1.03. The number of carbonyl (C=O) groups is 2. The van der Waals surface area contributed by atoms with E-state index in [0.29, 0.717) is 42.0 Å². The number of nitrogens with one attached hydrogen (secondary N) is 1. The summed E-state index contributed by atoms with van der Waals surface area (Å²) in [5.74, 6) is 1.07. The number of rotatable bonds is 5. The van der Waals surface area contributed by atoms with E-state index in [-0.39, 0.29) is 29.8 Å². The van der Waals surface area contributed by atoms with Crippen molar-refractivity contribution in [3.8, 4) is 0 Å². The van der Waals surface area contributed by atoms with Gasteiger partial charge < -0.3 is 15.0 Å². The number of amides is 2. The van der Waals surface area contributed by atoms with Gasteiger partial charge in [-0.2, -0.15) is 0 Å². The molecule has 2 aliphatic carbocycles. The fraction of sp³-hybridized carbons (Fsp3) is 0.636. The van der Waals surface area contributed by atoms with Gasteiger partial charge in [0.05, 0.1) is 12.1 Å². The van der Waals surface area contributed by atoms with Crippen molar-refractivity contribution in [1.82, 2.24) is 10.2 Å². The quantitative estimate of drug-likeness (QED) is 0.844. The second-order valence-corrected chi connectivity index (χ2v) is 8.79. The molecule has 0 spiro atoms. The van der Waals surface area contributed by atoms with Crippen molar-refractivity contribution in [2.24, 2.45) is 17.8 Å². The average Bonchev–Trinajstić information content (AvgIpc) is 3.39. The number of ether oxygens (including phenoxy) is 1. The number of fused-ring (bicyclic) bond motifs is 1. The van der Waals surface area contributed by atoms with E-state index in [9.17, 15) is 14.0 Å². The predicted octanol–water partition coefficient (Wildman–Crippen LogP) is 2.92. The number of likely N-dealkylation sites (tertiary alicyclic amines) is 1. The van der Waals surface area contributed by atoms with Crippen LogP contribution in [-0.2, 0) is 9.53 Å². The van der Waals surface area contributed by atoms with Crippen LogP contribution in [-0.4, -0.2) is 48.6 Å². The Labute approximate surface area is 165 Å². The van der Waals surface area contributed by atoms with Crippen LogP contribution in [0.3, 0.4) is 0 Å². The lowest BCUT2D eigenvalue weighted by Gasteiger charge is -2.38. The zero-order chi connectivity index (χ0) is 19.8. The smallest absolute Gasteiger partial charge is 0.253 e. The number of nitrogens with zero attached hydrogens (tertiary/aromatic N) is 1. The molecule has 1 aromatic carbocycles. The van der Waals surface area contributed by atoms with Crippen molar-refractivity contribution in [2.75, 3.05) is 19.7 Å². The SMILES string of the molecule is CC(=O)N[C@@H]1C[C@@H]2CN(C(=O)c3ccc(F)c(C)c3)C[C@@H]2C[C@H]1OCC1CC1. The van der Waals surface area contributed by atoms with E-state index >= 15 is 0 Å². The van der Waals surface area contributed by atoms with Crippen LogP contribution in [0.5, 0.6) is 0 Å². The van der Waals surface area contributed by atoms with Crippen LogP contribution in [0.4, 0.5) is 4.39 Å². The summed E-state index contributed by atoms with van der Waals surface area (Å²) in [7, 11) is 0. The number of hydrogen-bond donors (Lipinski definition) is 1. The van der Waals surface area contributed by atoms with Crippen LogP contribution in [0.15, 0.2) is 18.2 Å². The third-order valence-corrected chi connectivity index (χ3v) is 6.44. The van der Waals surface area contributed by atoms with E-state index < -0.39 is 0 Å². The van der Waals surface area contributed by atoms with Crippen LogP contribution >= 0.6 is 0 Å². The Bertz CT molecular complexity index is 764. The van der Waals surface area contributed by atoms with Crippen LogP contribution < -0.4 is 5.32 Å². The first-order valence-electron chi connectivity index (χ1n) is 10.3. The maximum atomic E-state index is 13.5. The van der Waals surface area contributed by atoms with E-state index in [1.54, 1.807) is 26.0 Å². The molecule has 152 valence electrons. The minimum Gasteiger partial charge on any atom is -0.376 e. The van der Waals surface area contributed by atoms with Crippen LogP contribution in [0.2, 0.25) is 0 Å². The van der Waals surface area contributed by atoms with Gasteiger partial charge in [-0.3, -0.25) is 9.59 Å². The van der Waals surface area contributed by atoms with E-state index in [2.05, 4.69) is 5.32 Å². The minimum atomic E-state index is -0.291. The molecule has 3 aliphatic rings. The summed E-state index contributed by atoms with van der Waals surface area (Å²) >= 11 is 0. The molecule has 1 N–H and O–H groups in total. The third kappa shape index (κ3) is 4.22. The predicted molar refractivity (Wildman–Crippen MR) is 103 cm³/mol. The molecule has 0 unspecified atom stereocenters. The molecule has 0 bridgehead atoms. The molecule has 2 amide bonds. The van der Waals surface area contributed by atoms with Crippen LogP contribution in [0, 0.1) is 30.5 Å². The molecular weight excluding hydrogens is 359 g/mol. The first-order chi connectivity index (χ1) is 13.4. The molecule has 4 atom stereocenters. The molecule has 4 rings (SSSR count). The van der Waals surface area contributed by atoms with E-state index in [1.807, 2.05) is 4.90 Å². The summed E-state index contributed by atoms with van der Waals surface area (Å²) in [4.78, 5) is 26.5. The van der Waals surface area contributed by atoms with Crippen LogP contribution in [0.25, 0.3) is 0 Å². The summed E-state index contributed by atoms with van der Waals surface area (Å²) in [5, 5.41) is 3.07. The third-order valence-electron chi connectivity index (χ3n) is 6.44. The maximum Gasteiger partial charge on any atom is 0.253 e. The largest absolute Gasteiger partial charge is 0.376 e. The first kappa shape index (κ1) is 19.4. The molecule has 3 fully saturated rings. The van der Waals surface area contributed by atoms with Gasteiger partial charge >= 0.3 is 0 Å². The fourth-order valence-electron chi connectivity index (χ4n) is 4.68. The van der Waals surface area contributed by atoms with Crippen molar-refractivity contribution >= 4 is 11.8 Å². The lowest BCUT2D eigenvalue weighted by Crippen LogP contribution is -2.50. The molecule has 28 heavy (non-hydrogen) atoms. The van der Waals surface area contributed by atoms with Crippen molar-refractivity contribution < 1.29 is 18.7 Å². The lowest BCUT2D eigenvalue weighted by molar-refractivity contribution is -0.122. The summed E-state index contributed by atoms with van der Waals surface area (Å²) < 4.78 is 19.7. The Morgan fingerprint density at radius 3 is 2.57 bits per heavy atom. The fourth-order valence-corrected chi connectivity index (χ4v) is 4.68. The molecule has 0 aromatic heterocycles. The van der Waals surface area contributed by atoms with Gasteiger partial charge in [-0.1, -0.05) is 0 Å². The maximum absolute atomic E-state index is 13.5. The van der Waals surface area contributed by atoms with E-state index in [4.69, 9.17) is 4.74 Å². The standard InChI is InChI=1S/C22H29FN2O3/c1-13-7-16(5-6-19(13)23)22(27)25-10-17-8-20(24-14(2)26)21(9-18(17)11-25)28-12-15-3-4-15/h5-7,15,17-18,20-21H,3-4,8-12H2,1-2H3,(H,24,26)/t17-,18+,20-,21-/m1/s1. The number of hydrogen-bond acceptors (Lipinski definition) is 3. The Hall–Kier alpha value is -1.95. The second-order valence-electron chi connectivity index (χ2n) is 8.79. The number of halogens is 1. The molecular formula is C22H29FN2O3. The highest BCUT2D eigenvalue weighted by Gasteiger charge is 2.44. The highest BCUT2D eigenvalue weighted by atomic mass is 19.1. The minimum absolute atomic E-state index is 0.0145. The van der Waals surface area contributed by atoms with Gasteiger partial charge in [0.1, 0.15) is 5.82 Å². The highest BCUT2D eigenvalue weighted by molar-refractivity contribution is 5.94. The van der Waals surface area contributed by atoms with E-state index in [0.717, 1.165) is 19.4 Å². The molecule has 1 aromatic rings. The zero-order valence-corrected chi connectivity index (χ0v) is 16.6. The van der Waals surface area contributed by atoms with Gasteiger partial charge in [0.2, 0.25) is 5.91 Å². The summed E-state index contributed by atoms with van der Waals surface area (Å²) in [6.07, 6.45) is 4.21.